The van der Waals surface area contributed by atoms with E-state index in [1.807, 2.05) is 4.72 Å². The molecule has 0 atom stereocenters. The second-order valence-electron chi connectivity index (χ2n) is 6.40. The van der Waals surface area contributed by atoms with Crippen molar-refractivity contribution < 1.29 is 22.3 Å². The second-order valence-corrected chi connectivity index (χ2v) is 8.96. The number of amides is 1. The summed E-state index contributed by atoms with van der Waals surface area (Å²) in [7, 11) is -2.22. The fourth-order valence-electron chi connectivity index (χ4n) is 2.69. The Labute approximate surface area is 188 Å². The predicted molar refractivity (Wildman–Crippen MR) is 118 cm³/mol. The quantitative estimate of drug-likeness (QED) is 0.533. The molecule has 162 valence electrons. The fraction of sp³-hybridized carbons (Fsp3) is 0.100. The Morgan fingerprint density at radius 3 is 2.55 bits per heavy atom. The number of carbonyl (C=O) groups excluding carboxylic acids is 1. The van der Waals surface area contributed by atoms with Crippen LogP contribution in [0.2, 0.25) is 10.0 Å². The number of benzene rings is 2. The van der Waals surface area contributed by atoms with Crippen molar-refractivity contribution in [1.29, 1.82) is 0 Å². The highest BCUT2D eigenvalue weighted by Gasteiger charge is 2.14. The highest BCUT2D eigenvalue weighted by molar-refractivity contribution is 7.89. The molecule has 0 saturated heterocycles. The third-order valence-corrected chi connectivity index (χ3v) is 5.21. The molecule has 1 heterocycles. The van der Waals surface area contributed by atoms with Crippen LogP contribution in [0.1, 0.15) is 5.56 Å². The van der Waals surface area contributed by atoms with Gasteiger partial charge in [-0.05, 0) is 36.4 Å². The molecule has 1 aromatic heterocycles. The zero-order valence-corrected chi connectivity index (χ0v) is 18.6. The molecule has 0 aliphatic heterocycles. The number of rotatable bonds is 6. The fourth-order valence-corrected chi connectivity index (χ4v) is 3.49. The van der Waals surface area contributed by atoms with Crippen LogP contribution < -0.4 is 9.46 Å². The van der Waals surface area contributed by atoms with E-state index in [1.54, 1.807) is 30.5 Å². The van der Waals surface area contributed by atoms with E-state index in [4.69, 9.17) is 27.9 Å². The first-order valence-electron chi connectivity index (χ1n) is 8.66. The summed E-state index contributed by atoms with van der Waals surface area (Å²) in [5.41, 5.74) is 1.76. The molecule has 3 rings (SSSR count). The SMILES string of the molecule is COc1ccc(-n2cc(C=CC(=O)NS(C)(=O)=O)c(-c3ccc(Cl)c(F)c3)n2)cc1Cl. The minimum atomic E-state index is -3.71. The third-order valence-electron chi connectivity index (χ3n) is 4.04. The van der Waals surface area contributed by atoms with Crippen LogP contribution in [0.4, 0.5) is 4.39 Å². The summed E-state index contributed by atoms with van der Waals surface area (Å²) >= 11 is 12.0. The Balaban J connectivity index is 2.08. The molecule has 0 saturated carbocycles. The smallest absolute Gasteiger partial charge is 0.257 e. The molecule has 2 aromatic carbocycles. The van der Waals surface area contributed by atoms with E-state index in [1.165, 1.54) is 30.0 Å². The van der Waals surface area contributed by atoms with Gasteiger partial charge in [-0.2, -0.15) is 5.10 Å². The number of methoxy groups -OCH3 is 1. The molecule has 7 nitrogen and oxygen atoms in total. The molecular formula is C20H16Cl2FN3O4S. The number of nitrogens with zero attached hydrogens (tertiary/aromatic N) is 2. The molecule has 0 unspecified atom stereocenters. The molecule has 0 bridgehead atoms. The van der Waals surface area contributed by atoms with Gasteiger partial charge in [-0.1, -0.05) is 29.3 Å². The Morgan fingerprint density at radius 1 is 1.19 bits per heavy atom. The van der Waals surface area contributed by atoms with Crippen molar-refractivity contribution in [3.63, 3.8) is 0 Å². The molecule has 0 aliphatic carbocycles. The van der Waals surface area contributed by atoms with E-state index in [0.29, 0.717) is 33.3 Å². The monoisotopic (exact) mass is 483 g/mol. The summed E-state index contributed by atoms with van der Waals surface area (Å²) in [5.74, 6) is -0.989. The van der Waals surface area contributed by atoms with Crippen LogP contribution in [0.25, 0.3) is 23.0 Å². The number of sulfonamides is 1. The highest BCUT2D eigenvalue weighted by atomic mass is 35.5. The lowest BCUT2D eigenvalue weighted by Gasteiger charge is -2.06. The zero-order chi connectivity index (χ0) is 22.8. The van der Waals surface area contributed by atoms with Crippen LogP contribution in [0, 0.1) is 5.82 Å². The molecule has 1 amide bonds. The van der Waals surface area contributed by atoms with Crippen LogP contribution in [-0.2, 0) is 14.8 Å². The maximum absolute atomic E-state index is 14.0. The number of ether oxygens (including phenoxy) is 1. The second kappa shape index (κ2) is 9.09. The Kier molecular flexibility index (Phi) is 6.68. The van der Waals surface area contributed by atoms with Crippen molar-refractivity contribution in [3.8, 4) is 22.7 Å². The standard InChI is InChI=1S/C20H16Cl2FN3O4S/c1-30-18-7-5-14(10-16(18)22)26-11-13(4-8-19(27)25-31(2,28)29)20(24-26)12-3-6-15(21)17(23)9-12/h3-11H,1-2H3,(H,25,27). The maximum Gasteiger partial charge on any atom is 0.257 e. The number of hydrogen-bond acceptors (Lipinski definition) is 5. The molecule has 31 heavy (non-hydrogen) atoms. The van der Waals surface area contributed by atoms with Gasteiger partial charge in [0.1, 0.15) is 17.3 Å². The van der Waals surface area contributed by atoms with E-state index in [-0.39, 0.29) is 5.02 Å². The molecule has 0 aliphatic rings. The number of halogens is 3. The summed E-state index contributed by atoms with van der Waals surface area (Å²) in [6, 6.07) is 9.18. The molecule has 0 radical (unpaired) electrons. The highest BCUT2D eigenvalue weighted by Crippen LogP contribution is 2.30. The zero-order valence-electron chi connectivity index (χ0n) is 16.3. The minimum absolute atomic E-state index is 0.0465. The van der Waals surface area contributed by atoms with E-state index in [2.05, 4.69) is 5.10 Å². The number of hydrogen-bond donors (Lipinski definition) is 1. The molecule has 11 heteroatoms. The first-order chi connectivity index (χ1) is 14.6. The number of nitrogens with one attached hydrogen (secondary N) is 1. The van der Waals surface area contributed by atoms with E-state index < -0.39 is 21.7 Å². The van der Waals surface area contributed by atoms with Crippen molar-refractivity contribution in [3.05, 3.63) is 70.1 Å². The average molecular weight is 484 g/mol. The van der Waals surface area contributed by atoms with E-state index in [9.17, 15) is 17.6 Å². The van der Waals surface area contributed by atoms with Crippen LogP contribution in [0.5, 0.6) is 5.75 Å². The van der Waals surface area contributed by atoms with Crippen molar-refractivity contribution in [2.45, 2.75) is 0 Å². The van der Waals surface area contributed by atoms with Gasteiger partial charge in [0.05, 0.1) is 29.1 Å². The number of aromatic nitrogens is 2. The van der Waals surface area contributed by atoms with Crippen molar-refractivity contribution >= 4 is 45.2 Å². The third kappa shape index (κ3) is 5.63. The van der Waals surface area contributed by atoms with Crippen molar-refractivity contribution in [1.82, 2.24) is 14.5 Å². The lowest BCUT2D eigenvalue weighted by atomic mass is 10.1. The van der Waals surface area contributed by atoms with Crippen molar-refractivity contribution in [2.24, 2.45) is 0 Å². The van der Waals surface area contributed by atoms with Crippen molar-refractivity contribution in [2.75, 3.05) is 13.4 Å². The normalized spacial score (nSPS) is 11.6. The van der Waals surface area contributed by atoms with Gasteiger partial charge in [-0.25, -0.2) is 22.2 Å². The topological polar surface area (TPSA) is 90.3 Å². The van der Waals surface area contributed by atoms with Gasteiger partial charge in [0.15, 0.2) is 0 Å². The van der Waals surface area contributed by atoms with Gasteiger partial charge in [0.2, 0.25) is 10.0 Å². The maximum atomic E-state index is 14.0. The van der Waals surface area contributed by atoms with Gasteiger partial charge in [0.25, 0.3) is 5.91 Å². The lowest BCUT2D eigenvalue weighted by Crippen LogP contribution is -2.27. The van der Waals surface area contributed by atoms with Crippen LogP contribution in [-0.4, -0.2) is 37.5 Å². The lowest BCUT2D eigenvalue weighted by molar-refractivity contribution is -0.114. The van der Waals surface area contributed by atoms with Gasteiger partial charge >= 0.3 is 0 Å². The predicted octanol–water partition coefficient (Wildman–Crippen LogP) is 4.08. The van der Waals surface area contributed by atoms with Crippen LogP contribution in [0.15, 0.2) is 48.7 Å². The van der Waals surface area contributed by atoms with Crippen LogP contribution >= 0.6 is 23.2 Å². The van der Waals surface area contributed by atoms with E-state index >= 15 is 0 Å². The first kappa shape index (κ1) is 22.8. The first-order valence-corrected chi connectivity index (χ1v) is 11.3. The van der Waals surface area contributed by atoms with Gasteiger partial charge in [0, 0.05) is 23.4 Å². The Morgan fingerprint density at radius 2 is 1.94 bits per heavy atom. The molecule has 0 spiro atoms. The summed E-state index contributed by atoms with van der Waals surface area (Å²) in [6.45, 7) is 0. The number of carbonyl (C=O) groups is 1. The molecular weight excluding hydrogens is 468 g/mol. The minimum Gasteiger partial charge on any atom is -0.495 e. The molecule has 1 N–H and O–H groups in total. The molecule has 3 aromatic rings. The average Bonchev–Trinajstić information content (AvgIpc) is 3.11. The summed E-state index contributed by atoms with van der Waals surface area (Å²) < 4.78 is 44.9. The van der Waals surface area contributed by atoms with Gasteiger partial charge in [-0.15, -0.1) is 0 Å². The Hall–Kier alpha value is -2.88. The molecule has 0 fully saturated rings. The summed E-state index contributed by atoms with van der Waals surface area (Å²) in [5, 5.41) is 4.79. The largest absolute Gasteiger partial charge is 0.495 e. The van der Waals surface area contributed by atoms with Gasteiger partial charge in [-0.3, -0.25) is 4.79 Å². The van der Waals surface area contributed by atoms with Gasteiger partial charge < -0.3 is 4.74 Å². The summed E-state index contributed by atoms with van der Waals surface area (Å²) in [6.07, 6.45) is 4.87. The Bertz CT molecular complexity index is 1290. The van der Waals surface area contributed by atoms with E-state index in [0.717, 1.165) is 12.3 Å². The summed E-state index contributed by atoms with van der Waals surface area (Å²) in [4.78, 5) is 11.9. The van der Waals surface area contributed by atoms with Crippen LogP contribution in [0.3, 0.4) is 0 Å².